The summed E-state index contributed by atoms with van der Waals surface area (Å²) in [6.07, 6.45) is 7.71. The first-order valence-electron chi connectivity index (χ1n) is 12.7. The quantitative estimate of drug-likeness (QED) is 0.255. The van der Waals surface area contributed by atoms with Crippen molar-refractivity contribution in [2.75, 3.05) is 12.3 Å². The zero-order chi connectivity index (χ0) is 27.2. The smallest absolute Gasteiger partial charge is 0.335 e. The van der Waals surface area contributed by atoms with Crippen LogP contribution in [0.25, 0.3) is 6.08 Å². The summed E-state index contributed by atoms with van der Waals surface area (Å²) in [5, 5.41) is 11.4. The fourth-order valence-electron chi connectivity index (χ4n) is 4.29. The molecule has 2 aromatic heterocycles. The van der Waals surface area contributed by atoms with E-state index >= 15 is 0 Å². The molecular weight excluding hydrogens is 504 g/mol. The van der Waals surface area contributed by atoms with Crippen molar-refractivity contribution in [3.63, 3.8) is 0 Å². The van der Waals surface area contributed by atoms with Crippen LogP contribution in [0.15, 0.2) is 41.5 Å². The number of hydrogen-bond acceptors (Lipinski definition) is 7. The van der Waals surface area contributed by atoms with Gasteiger partial charge in [-0.05, 0) is 36.6 Å². The highest BCUT2D eigenvalue weighted by atomic mass is 32.1. The Labute approximate surface area is 225 Å². The predicted octanol–water partition coefficient (Wildman–Crippen LogP) is 4.62. The van der Waals surface area contributed by atoms with E-state index < -0.39 is 5.97 Å². The van der Waals surface area contributed by atoms with Gasteiger partial charge in [0.2, 0.25) is 0 Å². The number of amides is 3. The van der Waals surface area contributed by atoms with Crippen molar-refractivity contribution in [1.82, 2.24) is 24.3 Å². The van der Waals surface area contributed by atoms with Crippen LogP contribution in [0.5, 0.6) is 0 Å². The Balaban J connectivity index is 1.72. The van der Waals surface area contributed by atoms with Gasteiger partial charge in [-0.15, -0.1) is 11.3 Å². The minimum absolute atomic E-state index is 0.139. The van der Waals surface area contributed by atoms with Gasteiger partial charge in [0, 0.05) is 24.9 Å². The van der Waals surface area contributed by atoms with E-state index in [2.05, 4.69) is 16.9 Å². The molecule has 3 amide bonds. The Hall–Kier alpha value is -3.99. The van der Waals surface area contributed by atoms with E-state index in [9.17, 15) is 19.5 Å². The molecule has 1 aliphatic heterocycles. The fraction of sp³-hybridized carbons (Fsp3) is 0.370. The summed E-state index contributed by atoms with van der Waals surface area (Å²) in [6, 6.07) is 6.33. The Morgan fingerprint density at radius 3 is 2.45 bits per heavy atom. The number of nitrogens with two attached hydrogens (primary N) is 1. The third-order valence-electron chi connectivity index (χ3n) is 6.39. The number of benzene rings is 1. The summed E-state index contributed by atoms with van der Waals surface area (Å²) in [4.78, 5) is 49.7. The number of unbranched alkanes of at least 4 members (excludes halogenated alkanes) is 2. The molecule has 1 saturated heterocycles. The van der Waals surface area contributed by atoms with Crippen LogP contribution in [-0.4, -0.2) is 53.9 Å². The number of anilines is 1. The number of carbonyl (C=O) groups is 3. The lowest BCUT2D eigenvalue weighted by Crippen LogP contribution is -2.33. The summed E-state index contributed by atoms with van der Waals surface area (Å²) < 4.78 is 2.02. The maximum atomic E-state index is 13.4. The molecule has 38 heavy (non-hydrogen) atoms. The first-order valence-corrected chi connectivity index (χ1v) is 13.6. The number of imide groups is 1. The molecule has 0 unspecified atom stereocenters. The zero-order valence-corrected chi connectivity index (χ0v) is 22.4. The molecule has 1 fully saturated rings. The van der Waals surface area contributed by atoms with Crippen LogP contribution in [-0.2, 0) is 24.3 Å². The third-order valence-corrected chi connectivity index (χ3v) is 7.11. The van der Waals surface area contributed by atoms with Crippen LogP contribution in [0.3, 0.4) is 0 Å². The SMILES string of the molecule is CCCCc1ncc(/C=C2\C(=O)N(CCCC)C(=O)N2Cc2csc(N)n2)n1Cc1ccc(C(=O)O)cc1. The minimum Gasteiger partial charge on any atom is -0.478 e. The molecule has 200 valence electrons. The number of aromatic nitrogens is 3. The van der Waals surface area contributed by atoms with Gasteiger partial charge >= 0.3 is 12.0 Å². The highest BCUT2D eigenvalue weighted by Gasteiger charge is 2.41. The maximum absolute atomic E-state index is 13.4. The number of urea groups is 1. The fourth-order valence-corrected chi connectivity index (χ4v) is 4.84. The molecule has 0 saturated carbocycles. The van der Waals surface area contributed by atoms with E-state index in [-0.39, 0.29) is 29.7 Å². The molecule has 0 spiro atoms. The van der Waals surface area contributed by atoms with Crippen molar-refractivity contribution >= 4 is 40.5 Å². The number of hydrogen-bond donors (Lipinski definition) is 2. The van der Waals surface area contributed by atoms with Gasteiger partial charge in [-0.25, -0.2) is 19.6 Å². The number of aromatic carboxylic acids is 1. The number of rotatable bonds is 12. The lowest BCUT2D eigenvalue weighted by molar-refractivity contribution is -0.123. The Morgan fingerprint density at radius 1 is 1.08 bits per heavy atom. The summed E-state index contributed by atoms with van der Waals surface area (Å²) in [6.45, 7) is 5.05. The van der Waals surface area contributed by atoms with Crippen LogP contribution in [0.2, 0.25) is 0 Å². The highest BCUT2D eigenvalue weighted by Crippen LogP contribution is 2.28. The average Bonchev–Trinajstić information content (AvgIpc) is 3.55. The predicted molar refractivity (Wildman–Crippen MR) is 145 cm³/mol. The van der Waals surface area contributed by atoms with Crippen molar-refractivity contribution in [1.29, 1.82) is 0 Å². The monoisotopic (exact) mass is 536 g/mol. The second kappa shape index (κ2) is 12.0. The minimum atomic E-state index is -0.979. The van der Waals surface area contributed by atoms with Gasteiger partial charge in [0.1, 0.15) is 11.5 Å². The number of carboxylic acids is 1. The molecule has 0 aliphatic carbocycles. The van der Waals surface area contributed by atoms with Crippen LogP contribution >= 0.6 is 11.3 Å². The number of nitrogens with zero attached hydrogens (tertiary/aromatic N) is 5. The van der Waals surface area contributed by atoms with E-state index in [1.54, 1.807) is 41.9 Å². The first-order chi connectivity index (χ1) is 18.3. The number of aryl methyl sites for hydroxylation is 1. The Bertz CT molecular complexity index is 1340. The standard InChI is InChI=1S/C27H32N6O4S/c1-3-5-7-23-29-14-21(32(23)15-18-8-10-19(11-9-18)25(35)36)13-22-24(34)31(12-6-4-2)27(37)33(22)16-20-17-38-26(28)30-20/h8-11,13-14,17H,3-7,12,15-16H2,1-2H3,(H2,28,30)(H,35,36)/b22-13+. The van der Waals surface area contributed by atoms with E-state index in [0.717, 1.165) is 37.1 Å². The number of carbonyl (C=O) groups excluding carboxylic acids is 2. The zero-order valence-electron chi connectivity index (χ0n) is 21.6. The van der Waals surface area contributed by atoms with Gasteiger partial charge in [0.25, 0.3) is 5.91 Å². The largest absolute Gasteiger partial charge is 0.478 e. The number of nitrogen functional groups attached to an aromatic ring is 1. The summed E-state index contributed by atoms with van der Waals surface area (Å²) in [5.74, 6) is -0.466. The topological polar surface area (TPSA) is 135 Å². The summed E-state index contributed by atoms with van der Waals surface area (Å²) >= 11 is 1.29. The van der Waals surface area contributed by atoms with Crippen LogP contribution in [0.4, 0.5) is 9.93 Å². The van der Waals surface area contributed by atoms with Gasteiger partial charge in [0.15, 0.2) is 5.13 Å². The molecule has 3 aromatic rings. The van der Waals surface area contributed by atoms with Gasteiger partial charge in [-0.1, -0.05) is 38.8 Å². The molecule has 0 atom stereocenters. The lowest BCUT2D eigenvalue weighted by Gasteiger charge is -2.16. The molecule has 1 aromatic carbocycles. The summed E-state index contributed by atoms with van der Waals surface area (Å²) in [7, 11) is 0. The number of carboxylic acid groups (broad SMARTS) is 1. The van der Waals surface area contributed by atoms with E-state index in [4.69, 9.17) is 5.73 Å². The van der Waals surface area contributed by atoms with Crippen LogP contribution in [0.1, 0.15) is 72.7 Å². The van der Waals surface area contributed by atoms with Crippen molar-refractivity contribution in [3.05, 3.63) is 69.9 Å². The first kappa shape index (κ1) is 27.1. The maximum Gasteiger partial charge on any atom is 0.335 e. The molecule has 3 N–H and O–H groups in total. The van der Waals surface area contributed by atoms with Crippen molar-refractivity contribution in [2.45, 2.75) is 59.0 Å². The second-order valence-electron chi connectivity index (χ2n) is 9.18. The van der Waals surface area contributed by atoms with Crippen LogP contribution in [0, 0.1) is 0 Å². The van der Waals surface area contributed by atoms with E-state index in [1.807, 2.05) is 11.5 Å². The van der Waals surface area contributed by atoms with Gasteiger partial charge < -0.3 is 15.4 Å². The number of thiazole rings is 1. The van der Waals surface area contributed by atoms with Crippen LogP contribution < -0.4 is 5.73 Å². The highest BCUT2D eigenvalue weighted by molar-refractivity contribution is 7.13. The van der Waals surface area contributed by atoms with Gasteiger partial charge in [0.05, 0.1) is 29.7 Å². The molecule has 11 heteroatoms. The van der Waals surface area contributed by atoms with Gasteiger partial charge in [-0.3, -0.25) is 14.6 Å². The van der Waals surface area contributed by atoms with Crippen molar-refractivity contribution in [3.8, 4) is 0 Å². The number of imidazole rings is 1. The molecular formula is C27H32N6O4S. The third kappa shape index (κ3) is 5.94. The Kier molecular flexibility index (Phi) is 8.57. The van der Waals surface area contributed by atoms with E-state index in [0.29, 0.717) is 36.0 Å². The second-order valence-corrected chi connectivity index (χ2v) is 10.1. The van der Waals surface area contributed by atoms with Crippen molar-refractivity contribution < 1.29 is 19.5 Å². The average molecular weight is 537 g/mol. The Morgan fingerprint density at radius 2 is 1.82 bits per heavy atom. The normalized spacial score (nSPS) is 14.7. The van der Waals surface area contributed by atoms with Crippen molar-refractivity contribution in [2.24, 2.45) is 0 Å². The molecule has 4 rings (SSSR count). The molecule has 3 heterocycles. The molecule has 10 nitrogen and oxygen atoms in total. The summed E-state index contributed by atoms with van der Waals surface area (Å²) in [5.41, 5.74) is 8.49. The molecule has 0 bridgehead atoms. The molecule has 0 radical (unpaired) electrons. The van der Waals surface area contributed by atoms with E-state index in [1.165, 1.54) is 21.1 Å². The molecule has 1 aliphatic rings. The van der Waals surface area contributed by atoms with Gasteiger partial charge in [-0.2, -0.15) is 0 Å². The lowest BCUT2D eigenvalue weighted by atomic mass is 10.1.